The molecule has 3 rings (SSSR count). The fourth-order valence-electron chi connectivity index (χ4n) is 3.52. The molecule has 12 nitrogen and oxygen atoms in total. The first-order chi connectivity index (χ1) is 14.7. The Bertz CT molecular complexity index is 973. The number of aliphatic hydroxyl groups is 5. The summed E-state index contributed by atoms with van der Waals surface area (Å²) in [7, 11) is 0. The van der Waals surface area contributed by atoms with Crippen LogP contribution in [-0.4, -0.2) is 79.7 Å². The third-order valence-electron chi connectivity index (χ3n) is 5.08. The van der Waals surface area contributed by atoms with Crippen LogP contribution in [0.2, 0.25) is 0 Å². The fraction of sp³-hybridized carbons (Fsp3) is 0.474. The zero-order chi connectivity index (χ0) is 22.8. The van der Waals surface area contributed by atoms with Gasteiger partial charge in [-0.25, -0.2) is 4.79 Å². The van der Waals surface area contributed by atoms with E-state index in [1.54, 1.807) is 12.1 Å². The Balaban J connectivity index is 1.89. The molecule has 0 saturated carbocycles. The zero-order valence-electron chi connectivity index (χ0n) is 16.6. The first-order valence-electron chi connectivity index (χ1n) is 9.59. The number of aliphatic hydroxyl groups excluding tert-OH is 4. The molecule has 0 radical (unpaired) electrons. The Morgan fingerprint density at radius 1 is 1.29 bits per heavy atom. The summed E-state index contributed by atoms with van der Waals surface area (Å²) < 4.78 is 10.4. The lowest BCUT2D eigenvalue weighted by Gasteiger charge is -2.22. The number of guanidine groups is 1. The van der Waals surface area contributed by atoms with Crippen molar-refractivity contribution in [1.82, 2.24) is 4.98 Å². The van der Waals surface area contributed by atoms with Crippen molar-refractivity contribution in [3.63, 3.8) is 0 Å². The van der Waals surface area contributed by atoms with E-state index >= 15 is 0 Å². The van der Waals surface area contributed by atoms with Crippen LogP contribution in [0.25, 0.3) is 10.9 Å². The molecule has 12 heteroatoms. The molecule has 1 aromatic carbocycles. The molecule has 2 heterocycles. The van der Waals surface area contributed by atoms with Crippen LogP contribution in [0.4, 0.5) is 0 Å². The maximum atomic E-state index is 12.7. The second-order valence-electron chi connectivity index (χ2n) is 7.24. The highest BCUT2D eigenvalue weighted by Gasteiger charge is 2.56. The normalized spacial score (nSPS) is 25.6. The van der Waals surface area contributed by atoms with Crippen LogP contribution >= 0.6 is 0 Å². The number of aromatic nitrogens is 1. The number of carbonyl (C=O) groups is 1. The first-order valence-corrected chi connectivity index (χ1v) is 9.59. The second-order valence-corrected chi connectivity index (χ2v) is 7.24. The number of esters is 1. The maximum absolute atomic E-state index is 12.7. The zero-order valence-corrected chi connectivity index (χ0v) is 16.6. The number of aromatic amines is 1. The Kier molecular flexibility index (Phi) is 6.79. The van der Waals surface area contributed by atoms with E-state index in [0.29, 0.717) is 30.3 Å². The molecule has 170 valence electrons. The van der Waals surface area contributed by atoms with Gasteiger partial charge in [0.25, 0.3) is 0 Å². The van der Waals surface area contributed by atoms with Crippen LogP contribution in [0, 0.1) is 0 Å². The predicted octanol–water partition coefficient (Wildman–Crippen LogP) is -2.43. The quantitative estimate of drug-likeness (QED) is 0.0943. The number of nitrogens with zero attached hydrogens (tertiary/aromatic N) is 1. The molecule has 1 aliphatic rings. The van der Waals surface area contributed by atoms with Gasteiger partial charge in [-0.15, -0.1) is 0 Å². The third kappa shape index (κ3) is 4.49. The number of hydrogen-bond donors (Lipinski definition) is 8. The number of fused-ring (bicyclic) bond motifs is 1. The van der Waals surface area contributed by atoms with Crippen molar-refractivity contribution in [3.05, 3.63) is 29.5 Å². The molecule has 0 bridgehead atoms. The molecule has 1 aliphatic heterocycles. The van der Waals surface area contributed by atoms with Gasteiger partial charge in [0.2, 0.25) is 5.79 Å². The summed E-state index contributed by atoms with van der Waals surface area (Å²) in [5, 5.41) is 49.4. The van der Waals surface area contributed by atoms with Gasteiger partial charge in [0.15, 0.2) is 17.8 Å². The molecule has 10 N–H and O–H groups in total. The first kappa shape index (κ1) is 22.9. The second kappa shape index (κ2) is 9.18. The van der Waals surface area contributed by atoms with Crippen LogP contribution < -0.4 is 16.2 Å². The average molecular weight is 438 g/mol. The van der Waals surface area contributed by atoms with Crippen LogP contribution in [0.5, 0.6) is 5.75 Å². The molecule has 0 unspecified atom stereocenters. The highest BCUT2D eigenvalue weighted by Crippen LogP contribution is 2.36. The smallest absolute Gasteiger partial charge is 0.343 e. The average Bonchev–Trinajstić information content (AvgIpc) is 3.22. The summed E-state index contributed by atoms with van der Waals surface area (Å²) in [6, 6.07) is 5.35. The van der Waals surface area contributed by atoms with Crippen molar-refractivity contribution >= 4 is 22.8 Å². The van der Waals surface area contributed by atoms with E-state index in [-0.39, 0.29) is 17.4 Å². The van der Waals surface area contributed by atoms with Crippen molar-refractivity contribution < 1.29 is 39.8 Å². The van der Waals surface area contributed by atoms with Crippen LogP contribution in [0.15, 0.2) is 23.2 Å². The van der Waals surface area contributed by atoms with Crippen molar-refractivity contribution in [3.8, 4) is 5.75 Å². The van der Waals surface area contributed by atoms with Gasteiger partial charge >= 0.3 is 5.97 Å². The summed E-state index contributed by atoms with van der Waals surface area (Å²) in [5.74, 6) is -3.59. The molecule has 0 aliphatic carbocycles. The molecular formula is C19H26N4O8. The van der Waals surface area contributed by atoms with E-state index in [2.05, 4.69) is 9.98 Å². The van der Waals surface area contributed by atoms with Crippen molar-refractivity contribution in [2.24, 2.45) is 16.5 Å². The van der Waals surface area contributed by atoms with Crippen LogP contribution in [0.1, 0.15) is 17.7 Å². The molecule has 4 atom stereocenters. The SMILES string of the molecule is NC(N)=NCCCc1cccc2[nH]c(CO)c(OC(=O)[C@@H]3O[C@@](O)(CO)[C@H](O)[C@H]3O)c12. The largest absolute Gasteiger partial charge is 0.422 e. The minimum atomic E-state index is -2.50. The van der Waals surface area contributed by atoms with Crippen LogP contribution in [0.3, 0.4) is 0 Å². The van der Waals surface area contributed by atoms with Gasteiger partial charge in [-0.05, 0) is 24.5 Å². The standard InChI is InChI=1S/C19H26N4O8/c20-18(21)22-6-2-4-9-3-1-5-10-12(9)14(11(7-24)23-10)30-17(28)15-13(26)16(27)19(29,8-25)31-15/h1,3,5,13,15-16,23-27,29H,2,4,6-8H2,(H4,20,21,22)/t13-,15+,16+,19-/m0/s1. The number of carbonyl (C=O) groups excluding carboxylic acids is 1. The highest BCUT2D eigenvalue weighted by molar-refractivity contribution is 5.93. The number of benzene rings is 1. The molecule has 1 fully saturated rings. The number of H-pyrrole nitrogens is 1. The number of aliphatic imine (C=N–C) groups is 1. The van der Waals surface area contributed by atoms with Gasteiger partial charge in [-0.1, -0.05) is 12.1 Å². The van der Waals surface area contributed by atoms with Crippen molar-refractivity contribution in [1.29, 1.82) is 0 Å². The number of ether oxygens (including phenoxy) is 2. The minimum absolute atomic E-state index is 0.0165. The lowest BCUT2D eigenvalue weighted by Crippen LogP contribution is -2.46. The van der Waals surface area contributed by atoms with Gasteiger partial charge in [0.05, 0.1) is 18.9 Å². The lowest BCUT2D eigenvalue weighted by atomic mass is 10.0. The van der Waals surface area contributed by atoms with E-state index in [1.807, 2.05) is 6.07 Å². The Morgan fingerprint density at radius 3 is 2.65 bits per heavy atom. The maximum Gasteiger partial charge on any atom is 0.343 e. The number of hydrogen-bond acceptors (Lipinski definition) is 9. The van der Waals surface area contributed by atoms with Crippen LogP contribution in [-0.2, 0) is 22.6 Å². The summed E-state index contributed by atoms with van der Waals surface area (Å²) in [4.78, 5) is 19.6. The van der Waals surface area contributed by atoms with Gasteiger partial charge in [0.1, 0.15) is 12.2 Å². The molecule has 1 saturated heterocycles. The Hall–Kier alpha value is -2.74. The molecule has 1 aromatic heterocycles. The highest BCUT2D eigenvalue weighted by atomic mass is 16.7. The topological polar surface area (TPSA) is 217 Å². The number of nitrogens with one attached hydrogen (secondary N) is 1. The predicted molar refractivity (Wildman–Crippen MR) is 108 cm³/mol. The summed E-state index contributed by atoms with van der Waals surface area (Å²) in [6.45, 7) is -1.11. The van der Waals surface area contributed by atoms with E-state index in [9.17, 15) is 30.3 Å². The van der Waals surface area contributed by atoms with Gasteiger partial charge in [0, 0.05) is 17.4 Å². The van der Waals surface area contributed by atoms with Gasteiger partial charge in [-0.2, -0.15) is 0 Å². The Labute approximate surface area is 176 Å². The van der Waals surface area contributed by atoms with Crippen molar-refractivity contribution in [2.75, 3.05) is 13.2 Å². The lowest BCUT2D eigenvalue weighted by molar-refractivity contribution is -0.246. The third-order valence-corrected chi connectivity index (χ3v) is 5.08. The Morgan fingerprint density at radius 2 is 2.03 bits per heavy atom. The molecule has 0 spiro atoms. The number of rotatable bonds is 8. The molecule has 0 amide bonds. The van der Waals surface area contributed by atoms with Crippen molar-refractivity contribution in [2.45, 2.75) is 43.5 Å². The molecule has 31 heavy (non-hydrogen) atoms. The summed E-state index contributed by atoms with van der Waals surface area (Å²) in [5.41, 5.74) is 12.3. The van der Waals surface area contributed by atoms with E-state index < -0.39 is 43.3 Å². The van der Waals surface area contributed by atoms with Gasteiger partial charge < -0.3 is 51.5 Å². The summed E-state index contributed by atoms with van der Waals surface area (Å²) in [6.07, 6.45) is -4.36. The fourth-order valence-corrected chi connectivity index (χ4v) is 3.52. The summed E-state index contributed by atoms with van der Waals surface area (Å²) >= 11 is 0. The van der Waals surface area contributed by atoms with E-state index in [4.69, 9.17) is 20.9 Å². The van der Waals surface area contributed by atoms with Gasteiger partial charge in [-0.3, -0.25) is 4.99 Å². The number of nitrogens with two attached hydrogens (primary N) is 2. The van der Waals surface area contributed by atoms with E-state index in [0.717, 1.165) is 5.56 Å². The van der Waals surface area contributed by atoms with E-state index in [1.165, 1.54) is 0 Å². The minimum Gasteiger partial charge on any atom is -0.422 e. The monoisotopic (exact) mass is 438 g/mol. The molecular weight excluding hydrogens is 412 g/mol. The molecule has 2 aromatic rings. The number of aryl methyl sites for hydroxylation is 1.